The number of benzene rings is 1. The fourth-order valence-corrected chi connectivity index (χ4v) is 6.11. The van der Waals surface area contributed by atoms with E-state index in [4.69, 9.17) is 14.2 Å². The van der Waals surface area contributed by atoms with E-state index in [2.05, 4.69) is 0 Å². The van der Waals surface area contributed by atoms with Crippen molar-refractivity contribution in [1.29, 1.82) is 0 Å². The summed E-state index contributed by atoms with van der Waals surface area (Å²) in [6, 6.07) is 6.69. The predicted molar refractivity (Wildman–Crippen MR) is 110 cm³/mol. The smallest absolute Gasteiger partial charge is 0.257 e. The van der Waals surface area contributed by atoms with Crippen molar-refractivity contribution in [1.82, 2.24) is 9.21 Å². The third-order valence-electron chi connectivity index (χ3n) is 4.77. The van der Waals surface area contributed by atoms with Gasteiger partial charge < -0.3 is 19.1 Å². The van der Waals surface area contributed by atoms with Crippen LogP contribution in [0.3, 0.4) is 0 Å². The van der Waals surface area contributed by atoms with Crippen LogP contribution < -0.4 is 14.2 Å². The highest BCUT2D eigenvalue weighted by molar-refractivity contribution is 7.91. The van der Waals surface area contributed by atoms with Crippen molar-refractivity contribution in [3.63, 3.8) is 0 Å². The Labute approximate surface area is 174 Å². The van der Waals surface area contributed by atoms with Gasteiger partial charge in [0.2, 0.25) is 5.75 Å². The zero-order valence-electron chi connectivity index (χ0n) is 16.8. The summed E-state index contributed by atoms with van der Waals surface area (Å²) in [6.45, 7) is 2.93. The van der Waals surface area contributed by atoms with Crippen LogP contribution in [0.4, 0.5) is 0 Å². The lowest BCUT2D eigenvalue weighted by atomic mass is 10.1. The number of nitrogens with zero attached hydrogens (tertiary/aromatic N) is 2. The van der Waals surface area contributed by atoms with Gasteiger partial charge in [-0.3, -0.25) is 4.79 Å². The Morgan fingerprint density at radius 2 is 1.59 bits per heavy atom. The molecule has 1 aromatic carbocycles. The lowest BCUT2D eigenvalue weighted by molar-refractivity contribution is 0.0694. The van der Waals surface area contributed by atoms with Gasteiger partial charge in [-0.25, -0.2) is 8.42 Å². The van der Waals surface area contributed by atoms with Crippen molar-refractivity contribution < 1.29 is 27.4 Å². The number of hydrogen-bond donors (Lipinski definition) is 0. The fourth-order valence-electron chi connectivity index (χ4n) is 3.25. The van der Waals surface area contributed by atoms with E-state index < -0.39 is 10.0 Å². The summed E-state index contributed by atoms with van der Waals surface area (Å²) in [4.78, 5) is 15.6. The number of amides is 1. The van der Waals surface area contributed by atoms with Crippen molar-refractivity contribution in [3.8, 4) is 17.2 Å². The molecule has 1 aliphatic rings. The van der Waals surface area contributed by atoms with E-state index in [9.17, 15) is 13.2 Å². The van der Waals surface area contributed by atoms with Crippen molar-refractivity contribution in [2.45, 2.75) is 11.1 Å². The van der Waals surface area contributed by atoms with Crippen LogP contribution in [0.2, 0.25) is 0 Å². The number of hydrogen-bond acceptors (Lipinski definition) is 7. The van der Waals surface area contributed by atoms with E-state index in [0.29, 0.717) is 40.1 Å². The summed E-state index contributed by atoms with van der Waals surface area (Å²) < 4.78 is 43.3. The molecule has 0 atom stereocenters. The Morgan fingerprint density at radius 3 is 2.10 bits per heavy atom. The predicted octanol–water partition coefficient (Wildman–Crippen LogP) is 2.23. The van der Waals surface area contributed by atoms with Gasteiger partial charge in [-0.1, -0.05) is 0 Å². The molecule has 29 heavy (non-hydrogen) atoms. The van der Waals surface area contributed by atoms with Crippen LogP contribution in [0.15, 0.2) is 28.5 Å². The number of carbonyl (C=O) groups excluding carboxylic acids is 1. The number of sulfonamides is 1. The van der Waals surface area contributed by atoms with Gasteiger partial charge in [0, 0.05) is 31.1 Å². The van der Waals surface area contributed by atoms with Crippen LogP contribution in [0, 0.1) is 6.92 Å². The number of aryl methyl sites for hydroxylation is 1. The molecule has 2 aromatic rings. The molecule has 0 unspecified atom stereocenters. The van der Waals surface area contributed by atoms with E-state index in [1.165, 1.54) is 37.0 Å². The molecule has 0 N–H and O–H groups in total. The first-order valence-corrected chi connectivity index (χ1v) is 11.2. The Balaban J connectivity index is 1.77. The van der Waals surface area contributed by atoms with Gasteiger partial charge in [0.1, 0.15) is 4.21 Å². The molecule has 0 aliphatic carbocycles. The Hall–Kier alpha value is -2.30. The monoisotopic (exact) mass is 440 g/mol. The summed E-state index contributed by atoms with van der Waals surface area (Å²) in [5.41, 5.74) is 0.343. The SMILES string of the molecule is COc1ccc(C(=O)N2CCN(S(=O)(=O)c3ccc(C)s3)CC2)c(OC)c1OC. The minimum Gasteiger partial charge on any atom is -0.493 e. The first-order chi connectivity index (χ1) is 13.8. The summed E-state index contributed by atoms with van der Waals surface area (Å²) in [7, 11) is 0.909. The van der Waals surface area contributed by atoms with Crippen LogP contribution >= 0.6 is 11.3 Å². The molecule has 3 rings (SSSR count). The van der Waals surface area contributed by atoms with Gasteiger partial charge in [0.05, 0.1) is 26.9 Å². The van der Waals surface area contributed by atoms with Gasteiger partial charge in [-0.15, -0.1) is 11.3 Å². The molecule has 0 saturated carbocycles. The molecule has 1 saturated heterocycles. The van der Waals surface area contributed by atoms with Gasteiger partial charge >= 0.3 is 0 Å². The number of methoxy groups -OCH3 is 3. The maximum Gasteiger partial charge on any atom is 0.257 e. The molecule has 1 amide bonds. The van der Waals surface area contributed by atoms with Crippen LogP contribution in [0.25, 0.3) is 0 Å². The lowest BCUT2D eigenvalue weighted by Crippen LogP contribution is -2.50. The second kappa shape index (κ2) is 8.60. The van der Waals surface area contributed by atoms with Crippen molar-refractivity contribution in [2.75, 3.05) is 47.5 Å². The minimum absolute atomic E-state index is 0.237. The highest BCUT2D eigenvalue weighted by Crippen LogP contribution is 2.40. The Bertz CT molecular complexity index is 994. The standard InChI is InChI=1S/C19H24N2O6S2/c1-13-5-8-16(28-13)29(23,24)21-11-9-20(10-12-21)19(22)14-6-7-15(25-2)18(27-4)17(14)26-3/h5-8H,9-12H2,1-4H3. The molecule has 0 spiro atoms. The average Bonchev–Trinajstić information content (AvgIpc) is 3.19. The van der Waals surface area contributed by atoms with E-state index in [1.807, 2.05) is 6.92 Å². The lowest BCUT2D eigenvalue weighted by Gasteiger charge is -2.34. The number of thiophene rings is 1. The topological polar surface area (TPSA) is 85.4 Å². The van der Waals surface area contributed by atoms with E-state index in [1.54, 1.807) is 29.2 Å². The van der Waals surface area contributed by atoms with Crippen molar-refractivity contribution in [2.24, 2.45) is 0 Å². The molecular weight excluding hydrogens is 416 g/mol. The van der Waals surface area contributed by atoms with Gasteiger partial charge in [0.25, 0.3) is 15.9 Å². The van der Waals surface area contributed by atoms with Crippen LogP contribution in [-0.2, 0) is 10.0 Å². The van der Waals surface area contributed by atoms with E-state index in [-0.39, 0.29) is 19.0 Å². The van der Waals surface area contributed by atoms with Crippen LogP contribution in [0.1, 0.15) is 15.2 Å². The molecule has 0 radical (unpaired) electrons. The fraction of sp³-hybridized carbons (Fsp3) is 0.421. The second-order valence-corrected chi connectivity index (χ2v) is 9.90. The quantitative estimate of drug-likeness (QED) is 0.685. The van der Waals surface area contributed by atoms with Crippen LogP contribution in [-0.4, -0.2) is 71.0 Å². The first kappa shape index (κ1) is 21.4. The molecule has 158 valence electrons. The Kier molecular flexibility index (Phi) is 6.35. The van der Waals surface area contributed by atoms with Crippen molar-refractivity contribution in [3.05, 3.63) is 34.7 Å². The summed E-state index contributed by atoms with van der Waals surface area (Å²) in [5.74, 6) is 0.853. The largest absolute Gasteiger partial charge is 0.493 e. The minimum atomic E-state index is -3.53. The van der Waals surface area contributed by atoms with E-state index >= 15 is 0 Å². The van der Waals surface area contributed by atoms with Gasteiger partial charge in [-0.2, -0.15) is 4.31 Å². The van der Waals surface area contributed by atoms with Gasteiger partial charge in [0.15, 0.2) is 11.5 Å². The molecule has 1 aliphatic heterocycles. The molecule has 8 nitrogen and oxygen atoms in total. The summed E-state index contributed by atoms with van der Waals surface area (Å²) in [6.07, 6.45) is 0. The number of carbonyl (C=O) groups is 1. The van der Waals surface area contributed by atoms with Gasteiger partial charge in [-0.05, 0) is 31.2 Å². The van der Waals surface area contributed by atoms with Crippen molar-refractivity contribution >= 4 is 27.3 Å². The third kappa shape index (κ3) is 4.05. The normalized spacial score (nSPS) is 15.2. The first-order valence-electron chi connectivity index (χ1n) is 8.98. The zero-order valence-corrected chi connectivity index (χ0v) is 18.4. The maximum absolute atomic E-state index is 13.1. The molecule has 0 bridgehead atoms. The molecule has 2 heterocycles. The molecule has 10 heteroatoms. The molecule has 1 fully saturated rings. The number of rotatable bonds is 6. The van der Waals surface area contributed by atoms with E-state index in [0.717, 1.165) is 4.88 Å². The highest BCUT2D eigenvalue weighted by Gasteiger charge is 2.32. The highest BCUT2D eigenvalue weighted by atomic mass is 32.2. The third-order valence-corrected chi connectivity index (χ3v) is 8.14. The summed E-state index contributed by atoms with van der Waals surface area (Å²) in [5, 5.41) is 0. The number of ether oxygens (including phenoxy) is 3. The molecular formula is C19H24N2O6S2. The number of piperazine rings is 1. The summed E-state index contributed by atoms with van der Waals surface area (Å²) >= 11 is 1.25. The average molecular weight is 441 g/mol. The Morgan fingerprint density at radius 1 is 0.931 bits per heavy atom. The zero-order chi connectivity index (χ0) is 21.2. The molecule has 1 aromatic heterocycles. The van der Waals surface area contributed by atoms with Crippen LogP contribution in [0.5, 0.6) is 17.2 Å². The maximum atomic E-state index is 13.1. The second-order valence-electron chi connectivity index (χ2n) is 6.44.